The van der Waals surface area contributed by atoms with Crippen molar-refractivity contribution in [2.24, 2.45) is 5.73 Å². The van der Waals surface area contributed by atoms with Gasteiger partial charge in [0.2, 0.25) is 17.5 Å². The number of nitrogens with two attached hydrogens (primary N) is 1. The smallest absolute Gasteiger partial charge is 0.229 e. The fraction of sp³-hybridized carbons (Fsp3) is 0.143. The maximum Gasteiger partial charge on any atom is 0.229 e. The van der Waals surface area contributed by atoms with E-state index in [2.05, 4.69) is 6.07 Å². The third kappa shape index (κ3) is 3.58. The van der Waals surface area contributed by atoms with Gasteiger partial charge in [-0.2, -0.15) is 15.0 Å². The molecule has 4 aromatic rings. The average molecular weight is 481 g/mol. The lowest BCUT2D eigenvalue weighted by molar-refractivity contribution is 0.320. The monoisotopic (exact) mass is 480 g/mol. The van der Waals surface area contributed by atoms with Crippen LogP contribution in [-0.2, 0) is 0 Å². The Morgan fingerprint density at radius 3 is 2.17 bits per heavy atom. The number of allylic oxidation sites excluding steroid dienone is 1. The molecule has 0 bridgehead atoms. The van der Waals surface area contributed by atoms with Crippen molar-refractivity contribution in [2.45, 2.75) is 5.92 Å². The van der Waals surface area contributed by atoms with Gasteiger partial charge in [-0.05, 0) is 18.2 Å². The molecule has 2 heterocycles. The van der Waals surface area contributed by atoms with Gasteiger partial charge in [-0.25, -0.2) is 0 Å². The van der Waals surface area contributed by atoms with Crippen LogP contribution in [0.25, 0.3) is 16.9 Å². The Morgan fingerprint density at radius 2 is 1.56 bits per heavy atom. The van der Waals surface area contributed by atoms with Gasteiger partial charge >= 0.3 is 0 Å². The Bertz CT molecular complexity index is 1490. The minimum atomic E-state index is -0.638. The molecule has 0 unspecified atom stereocenters. The fourth-order valence-electron chi connectivity index (χ4n) is 4.55. The van der Waals surface area contributed by atoms with Gasteiger partial charge in [-0.15, -0.1) is 0 Å². The molecule has 8 nitrogen and oxygen atoms in total. The summed E-state index contributed by atoms with van der Waals surface area (Å²) in [6, 6.07) is 25.3. The summed E-state index contributed by atoms with van der Waals surface area (Å²) in [6.45, 7) is 0. The maximum absolute atomic E-state index is 10.2. The first-order valence-electron chi connectivity index (χ1n) is 11.2. The van der Waals surface area contributed by atoms with E-state index in [-0.39, 0.29) is 11.5 Å². The van der Waals surface area contributed by atoms with Gasteiger partial charge in [0, 0.05) is 11.1 Å². The summed E-state index contributed by atoms with van der Waals surface area (Å²) >= 11 is 0. The minimum Gasteiger partial charge on any atom is -0.493 e. The predicted octanol–water partition coefficient (Wildman–Crippen LogP) is 4.78. The van der Waals surface area contributed by atoms with Crippen molar-refractivity contribution in [1.29, 1.82) is 5.26 Å². The van der Waals surface area contributed by atoms with Crippen molar-refractivity contribution < 1.29 is 18.9 Å². The number of nitrogens with zero attached hydrogens (tertiary/aromatic N) is 3. The van der Waals surface area contributed by atoms with E-state index in [9.17, 15) is 5.26 Å². The van der Waals surface area contributed by atoms with Crippen molar-refractivity contribution in [3.63, 3.8) is 0 Å². The number of hydrogen-bond acceptors (Lipinski definition) is 7. The fourth-order valence-corrected chi connectivity index (χ4v) is 4.55. The summed E-state index contributed by atoms with van der Waals surface area (Å²) < 4.78 is 24.7. The molecule has 0 spiro atoms. The van der Waals surface area contributed by atoms with E-state index in [0.717, 1.165) is 11.3 Å². The number of ether oxygens (including phenoxy) is 4. The Hall–Kier alpha value is -4.90. The number of fused-ring (bicyclic) bond motifs is 1. The molecule has 8 heteroatoms. The molecule has 0 saturated heterocycles. The Kier molecular flexibility index (Phi) is 5.97. The van der Waals surface area contributed by atoms with E-state index >= 15 is 0 Å². The van der Waals surface area contributed by atoms with Gasteiger partial charge in [0.05, 0.1) is 38.5 Å². The summed E-state index contributed by atoms with van der Waals surface area (Å²) in [7, 11) is 4.64. The number of nitriles is 1. The lowest BCUT2D eigenvalue weighted by Crippen LogP contribution is -2.22. The SMILES string of the molecule is COc1ccc([C@@H]2C(C#N)=C(N)Oc3c2c(-c2ccccc2)nn3-c2ccccc2)c(OC)c1OC. The van der Waals surface area contributed by atoms with Crippen LogP contribution in [0.4, 0.5) is 0 Å². The highest BCUT2D eigenvalue weighted by Crippen LogP contribution is 2.52. The van der Waals surface area contributed by atoms with E-state index < -0.39 is 5.92 Å². The molecule has 1 aromatic heterocycles. The lowest BCUT2D eigenvalue weighted by Gasteiger charge is -2.27. The molecule has 0 amide bonds. The molecule has 0 fully saturated rings. The lowest BCUT2D eigenvalue weighted by atomic mass is 9.82. The third-order valence-electron chi connectivity index (χ3n) is 6.14. The van der Waals surface area contributed by atoms with E-state index in [1.807, 2.05) is 66.7 Å². The summed E-state index contributed by atoms with van der Waals surface area (Å²) in [5, 5.41) is 15.1. The van der Waals surface area contributed by atoms with Crippen molar-refractivity contribution in [2.75, 3.05) is 21.3 Å². The molecular formula is C28H24N4O4. The Balaban J connectivity index is 1.86. The first-order chi connectivity index (χ1) is 17.6. The summed E-state index contributed by atoms with van der Waals surface area (Å²) in [5.41, 5.74) is 10.3. The van der Waals surface area contributed by atoms with Crippen LogP contribution in [0.15, 0.2) is 84.3 Å². The quantitative estimate of drug-likeness (QED) is 0.423. The van der Waals surface area contributed by atoms with Crippen LogP contribution >= 0.6 is 0 Å². The predicted molar refractivity (Wildman–Crippen MR) is 134 cm³/mol. The molecule has 1 aliphatic heterocycles. The van der Waals surface area contributed by atoms with Crippen LogP contribution in [0.2, 0.25) is 0 Å². The van der Waals surface area contributed by atoms with Crippen LogP contribution in [-0.4, -0.2) is 31.1 Å². The van der Waals surface area contributed by atoms with Crippen LogP contribution in [0.3, 0.4) is 0 Å². The van der Waals surface area contributed by atoms with Gasteiger partial charge in [-0.1, -0.05) is 54.6 Å². The number of hydrogen-bond donors (Lipinski definition) is 1. The molecule has 5 rings (SSSR count). The second-order valence-corrected chi connectivity index (χ2v) is 8.03. The molecule has 2 N–H and O–H groups in total. The molecular weight excluding hydrogens is 456 g/mol. The highest BCUT2D eigenvalue weighted by Gasteiger charge is 2.40. The molecule has 0 radical (unpaired) electrons. The standard InChI is InChI=1S/C28H24N4O4/c1-33-21-15-14-19(25(34-2)26(21)35-3)22-20(16-29)27(30)36-28-23(22)24(17-10-6-4-7-11-17)31-32(28)18-12-8-5-9-13-18/h4-15,22H,30H2,1-3H3/t22-/m1/s1. The summed E-state index contributed by atoms with van der Waals surface area (Å²) in [6.07, 6.45) is 0. The maximum atomic E-state index is 10.2. The first kappa shape index (κ1) is 22.9. The van der Waals surface area contributed by atoms with Crippen molar-refractivity contribution in [3.05, 3.63) is 95.4 Å². The summed E-state index contributed by atoms with van der Waals surface area (Å²) in [5.74, 6) is 1.15. The van der Waals surface area contributed by atoms with E-state index in [1.54, 1.807) is 25.0 Å². The van der Waals surface area contributed by atoms with Crippen LogP contribution in [0.5, 0.6) is 23.1 Å². The number of para-hydroxylation sites is 1. The van der Waals surface area contributed by atoms with E-state index in [4.69, 9.17) is 29.8 Å². The van der Waals surface area contributed by atoms with Gasteiger partial charge in [0.25, 0.3) is 0 Å². The molecule has 0 aliphatic carbocycles. The molecule has 0 saturated carbocycles. The molecule has 180 valence electrons. The highest BCUT2D eigenvalue weighted by atomic mass is 16.5. The molecule has 3 aromatic carbocycles. The highest BCUT2D eigenvalue weighted by molar-refractivity contribution is 5.74. The van der Waals surface area contributed by atoms with Crippen LogP contribution in [0.1, 0.15) is 17.0 Å². The van der Waals surface area contributed by atoms with Crippen LogP contribution < -0.4 is 24.7 Å². The minimum absolute atomic E-state index is 0.00327. The zero-order valence-corrected chi connectivity index (χ0v) is 20.1. The van der Waals surface area contributed by atoms with Gasteiger partial charge < -0.3 is 24.7 Å². The second kappa shape index (κ2) is 9.39. The zero-order valence-electron chi connectivity index (χ0n) is 20.1. The van der Waals surface area contributed by atoms with Crippen molar-refractivity contribution >= 4 is 0 Å². The largest absolute Gasteiger partial charge is 0.493 e. The average Bonchev–Trinajstić information content (AvgIpc) is 3.31. The van der Waals surface area contributed by atoms with Gasteiger partial charge in [-0.3, -0.25) is 0 Å². The van der Waals surface area contributed by atoms with Gasteiger partial charge in [0.1, 0.15) is 17.3 Å². The number of benzene rings is 3. The normalized spacial score (nSPS) is 14.4. The number of aromatic nitrogens is 2. The Labute approximate surface area is 208 Å². The third-order valence-corrected chi connectivity index (χ3v) is 6.14. The van der Waals surface area contributed by atoms with Crippen molar-refractivity contribution in [3.8, 4) is 46.1 Å². The molecule has 36 heavy (non-hydrogen) atoms. The molecule has 1 aliphatic rings. The number of methoxy groups -OCH3 is 3. The van der Waals surface area contributed by atoms with E-state index in [0.29, 0.717) is 39.9 Å². The topological polar surface area (TPSA) is 105 Å². The van der Waals surface area contributed by atoms with Gasteiger partial charge in [0.15, 0.2) is 11.5 Å². The zero-order chi connectivity index (χ0) is 25.2. The van der Waals surface area contributed by atoms with E-state index in [1.165, 1.54) is 7.11 Å². The second-order valence-electron chi connectivity index (χ2n) is 8.03. The number of rotatable bonds is 6. The Morgan fingerprint density at radius 1 is 0.889 bits per heavy atom. The van der Waals surface area contributed by atoms with Crippen molar-refractivity contribution in [1.82, 2.24) is 9.78 Å². The van der Waals surface area contributed by atoms with Crippen LogP contribution in [0, 0.1) is 11.3 Å². The summed E-state index contributed by atoms with van der Waals surface area (Å²) in [4.78, 5) is 0. The molecule has 1 atom stereocenters. The first-order valence-corrected chi connectivity index (χ1v) is 11.2.